The predicted molar refractivity (Wildman–Crippen MR) is 79.9 cm³/mol. The maximum absolute atomic E-state index is 5.62. The Bertz CT molecular complexity index is 502. The van der Waals surface area contributed by atoms with E-state index >= 15 is 0 Å². The molecule has 6 heteroatoms. The van der Waals surface area contributed by atoms with E-state index in [0.717, 1.165) is 51.3 Å². The smallest absolute Gasteiger partial charge is 0.245 e. The molecule has 2 fully saturated rings. The lowest BCUT2D eigenvalue weighted by Gasteiger charge is -2.37. The van der Waals surface area contributed by atoms with E-state index in [9.17, 15) is 0 Å². The Kier molecular flexibility index (Phi) is 4.39. The van der Waals surface area contributed by atoms with Crippen LogP contribution < -0.4 is 4.90 Å². The predicted octanol–water partition coefficient (Wildman–Crippen LogP) is 1.65. The molecule has 114 valence electrons. The summed E-state index contributed by atoms with van der Waals surface area (Å²) in [6, 6.07) is 0.375. The Hall–Kier alpha value is -1.61. The fourth-order valence-corrected chi connectivity index (χ4v) is 3.32. The Morgan fingerprint density at radius 2 is 2.29 bits per heavy atom. The molecular formula is C15H23N5O. The van der Waals surface area contributed by atoms with Gasteiger partial charge >= 0.3 is 0 Å². The zero-order valence-corrected chi connectivity index (χ0v) is 12.6. The number of tetrazole rings is 1. The van der Waals surface area contributed by atoms with Crippen LogP contribution >= 0.6 is 0 Å². The minimum Gasteiger partial charge on any atom is -0.378 e. The van der Waals surface area contributed by atoms with Crippen LogP contribution in [-0.2, 0) is 4.74 Å². The van der Waals surface area contributed by atoms with Crippen molar-refractivity contribution in [2.75, 3.05) is 24.6 Å². The van der Waals surface area contributed by atoms with Crippen LogP contribution in [0.4, 0.5) is 5.95 Å². The van der Waals surface area contributed by atoms with Gasteiger partial charge < -0.3 is 9.64 Å². The first-order valence-corrected chi connectivity index (χ1v) is 7.89. The van der Waals surface area contributed by atoms with Crippen LogP contribution in [0.5, 0.6) is 0 Å². The van der Waals surface area contributed by atoms with Crippen LogP contribution in [-0.4, -0.2) is 46.0 Å². The Morgan fingerprint density at radius 1 is 1.43 bits per heavy atom. The second-order valence-electron chi connectivity index (χ2n) is 5.99. The van der Waals surface area contributed by atoms with Crippen molar-refractivity contribution < 1.29 is 4.74 Å². The first-order valence-electron chi connectivity index (χ1n) is 7.89. The molecule has 1 aliphatic carbocycles. The van der Waals surface area contributed by atoms with Gasteiger partial charge in [-0.2, -0.15) is 0 Å². The fourth-order valence-electron chi connectivity index (χ4n) is 3.32. The van der Waals surface area contributed by atoms with Gasteiger partial charge in [0.25, 0.3) is 0 Å². The summed E-state index contributed by atoms with van der Waals surface area (Å²) in [4.78, 5) is 2.29. The molecule has 1 aliphatic heterocycles. The van der Waals surface area contributed by atoms with E-state index in [1.807, 2.05) is 11.6 Å². The van der Waals surface area contributed by atoms with E-state index in [1.54, 1.807) is 0 Å². The van der Waals surface area contributed by atoms with E-state index in [-0.39, 0.29) is 0 Å². The van der Waals surface area contributed by atoms with Gasteiger partial charge in [-0.3, -0.25) is 0 Å². The SMILES string of the molecule is C#CCC1CCCN(c2nnnn2C2CC(OCC)C2)C1. The van der Waals surface area contributed by atoms with Gasteiger partial charge in [0.2, 0.25) is 5.95 Å². The number of anilines is 1. The van der Waals surface area contributed by atoms with Crippen LogP contribution in [0.25, 0.3) is 0 Å². The quantitative estimate of drug-likeness (QED) is 0.772. The van der Waals surface area contributed by atoms with Crippen molar-refractivity contribution in [2.24, 2.45) is 5.92 Å². The number of hydrogen-bond donors (Lipinski definition) is 0. The summed E-state index contributed by atoms with van der Waals surface area (Å²) in [5.74, 6) is 4.24. The number of nitrogens with zero attached hydrogens (tertiary/aromatic N) is 5. The number of terminal acetylenes is 1. The van der Waals surface area contributed by atoms with Gasteiger partial charge in [0, 0.05) is 26.1 Å². The molecule has 1 aromatic rings. The Labute approximate surface area is 125 Å². The summed E-state index contributed by atoms with van der Waals surface area (Å²) in [6.07, 6.45) is 11.0. The maximum Gasteiger partial charge on any atom is 0.245 e. The molecule has 0 amide bonds. The molecule has 1 unspecified atom stereocenters. The molecule has 0 aromatic carbocycles. The lowest BCUT2D eigenvalue weighted by atomic mass is 9.89. The van der Waals surface area contributed by atoms with Crippen LogP contribution in [0.1, 0.15) is 45.1 Å². The van der Waals surface area contributed by atoms with E-state index in [0.29, 0.717) is 18.1 Å². The van der Waals surface area contributed by atoms with E-state index in [1.165, 1.54) is 6.42 Å². The highest BCUT2D eigenvalue weighted by atomic mass is 16.5. The van der Waals surface area contributed by atoms with Gasteiger partial charge in [-0.15, -0.1) is 12.3 Å². The van der Waals surface area contributed by atoms with Crippen molar-refractivity contribution in [1.82, 2.24) is 20.2 Å². The molecule has 0 N–H and O–H groups in total. The van der Waals surface area contributed by atoms with Gasteiger partial charge in [-0.05, 0) is 49.0 Å². The second-order valence-corrected chi connectivity index (χ2v) is 5.99. The standard InChI is InChI=1S/C15H23N5O/c1-3-6-12-7-5-8-19(11-12)15-16-17-18-20(15)13-9-14(10-13)21-4-2/h1,12-14H,4-11H2,2H3. The largest absolute Gasteiger partial charge is 0.378 e. The summed E-state index contributed by atoms with van der Waals surface area (Å²) in [5.41, 5.74) is 0. The summed E-state index contributed by atoms with van der Waals surface area (Å²) in [5, 5.41) is 12.3. The monoisotopic (exact) mass is 289 g/mol. The molecule has 2 aliphatic rings. The van der Waals surface area contributed by atoms with E-state index in [2.05, 4.69) is 26.3 Å². The molecule has 1 saturated carbocycles. The second kappa shape index (κ2) is 6.44. The molecular weight excluding hydrogens is 266 g/mol. The van der Waals surface area contributed by atoms with Crippen LogP contribution in [0.3, 0.4) is 0 Å². The molecule has 0 spiro atoms. The van der Waals surface area contributed by atoms with Crippen molar-refractivity contribution in [3.8, 4) is 12.3 Å². The average Bonchev–Trinajstić information content (AvgIpc) is 2.92. The van der Waals surface area contributed by atoms with Crippen molar-refractivity contribution in [3.05, 3.63) is 0 Å². The first kappa shape index (κ1) is 14.3. The van der Waals surface area contributed by atoms with Crippen molar-refractivity contribution in [3.63, 3.8) is 0 Å². The van der Waals surface area contributed by atoms with Crippen molar-refractivity contribution >= 4 is 5.95 Å². The van der Waals surface area contributed by atoms with E-state index in [4.69, 9.17) is 11.2 Å². The van der Waals surface area contributed by atoms with Crippen molar-refractivity contribution in [1.29, 1.82) is 0 Å². The van der Waals surface area contributed by atoms with Gasteiger partial charge in [-0.1, -0.05) is 5.10 Å². The zero-order chi connectivity index (χ0) is 14.7. The lowest BCUT2D eigenvalue weighted by Crippen LogP contribution is -2.40. The topological polar surface area (TPSA) is 56.1 Å². The zero-order valence-electron chi connectivity index (χ0n) is 12.6. The third-order valence-electron chi connectivity index (χ3n) is 4.50. The molecule has 2 heterocycles. The molecule has 1 saturated heterocycles. The van der Waals surface area contributed by atoms with Crippen LogP contribution in [0.15, 0.2) is 0 Å². The number of aromatic nitrogens is 4. The number of rotatable bonds is 5. The fraction of sp³-hybridized carbons (Fsp3) is 0.800. The van der Waals surface area contributed by atoms with Crippen molar-refractivity contribution in [2.45, 2.75) is 51.2 Å². The summed E-state index contributed by atoms with van der Waals surface area (Å²) >= 11 is 0. The molecule has 3 rings (SSSR count). The summed E-state index contributed by atoms with van der Waals surface area (Å²) in [6.45, 7) is 4.80. The third-order valence-corrected chi connectivity index (χ3v) is 4.50. The highest BCUT2D eigenvalue weighted by molar-refractivity contribution is 5.30. The third kappa shape index (κ3) is 3.03. The molecule has 21 heavy (non-hydrogen) atoms. The highest BCUT2D eigenvalue weighted by Gasteiger charge is 2.35. The number of hydrogen-bond acceptors (Lipinski definition) is 5. The average molecular weight is 289 g/mol. The first-order chi connectivity index (χ1) is 10.3. The minimum absolute atomic E-state index is 0.368. The summed E-state index contributed by atoms with van der Waals surface area (Å²) < 4.78 is 7.60. The normalized spacial score (nSPS) is 29.0. The van der Waals surface area contributed by atoms with Gasteiger partial charge in [0.15, 0.2) is 0 Å². The summed E-state index contributed by atoms with van der Waals surface area (Å²) in [7, 11) is 0. The molecule has 1 aromatic heterocycles. The molecule has 6 nitrogen and oxygen atoms in total. The van der Waals surface area contributed by atoms with Gasteiger partial charge in [-0.25, -0.2) is 4.68 Å². The molecule has 0 bridgehead atoms. The van der Waals surface area contributed by atoms with Gasteiger partial charge in [0.1, 0.15) is 0 Å². The van der Waals surface area contributed by atoms with Gasteiger partial charge in [0.05, 0.1) is 12.1 Å². The number of ether oxygens (including phenoxy) is 1. The number of piperidine rings is 1. The van der Waals surface area contributed by atoms with Crippen LogP contribution in [0.2, 0.25) is 0 Å². The molecule has 0 radical (unpaired) electrons. The minimum atomic E-state index is 0.368. The molecule has 1 atom stereocenters. The Balaban J connectivity index is 1.64. The van der Waals surface area contributed by atoms with E-state index < -0.39 is 0 Å². The maximum atomic E-state index is 5.62. The van der Waals surface area contributed by atoms with Crippen LogP contribution in [0, 0.1) is 18.3 Å². The Morgan fingerprint density at radius 3 is 3.05 bits per heavy atom. The highest BCUT2D eigenvalue weighted by Crippen LogP contribution is 2.36. The lowest BCUT2D eigenvalue weighted by molar-refractivity contribution is -0.0228.